The fraction of sp³-hybridized carbons (Fsp3) is 1.00. The van der Waals surface area contributed by atoms with Crippen LogP contribution in [0, 0.1) is 16.7 Å². The monoisotopic (exact) mass is 254 g/mol. The van der Waals surface area contributed by atoms with Gasteiger partial charge in [0, 0.05) is 6.61 Å². The molecule has 0 heterocycles. The van der Waals surface area contributed by atoms with Crippen LogP contribution in [0.4, 0.5) is 0 Å². The average molecular weight is 254 g/mol. The molecule has 0 aromatic heterocycles. The second-order valence-electron chi connectivity index (χ2n) is 8.07. The summed E-state index contributed by atoms with van der Waals surface area (Å²) in [5.74, 6) is 0.887. The van der Waals surface area contributed by atoms with Gasteiger partial charge in [-0.15, -0.1) is 0 Å². The summed E-state index contributed by atoms with van der Waals surface area (Å²) in [4.78, 5) is 0. The summed E-state index contributed by atoms with van der Waals surface area (Å²) in [6, 6.07) is 0. The molecule has 0 saturated heterocycles. The SMILES string of the molecule is CCCOC1CCC(C(C)(C)CC(C)(C)C)CC1. The molecule has 1 fully saturated rings. The van der Waals surface area contributed by atoms with Gasteiger partial charge in [0.25, 0.3) is 0 Å². The van der Waals surface area contributed by atoms with Gasteiger partial charge in [-0.25, -0.2) is 0 Å². The molecule has 0 aromatic rings. The summed E-state index contributed by atoms with van der Waals surface area (Å²) in [7, 11) is 0. The van der Waals surface area contributed by atoms with Crippen molar-refractivity contribution in [3.8, 4) is 0 Å². The maximum absolute atomic E-state index is 5.89. The van der Waals surface area contributed by atoms with Crippen molar-refractivity contribution in [2.24, 2.45) is 16.7 Å². The molecule has 0 atom stereocenters. The first-order valence-electron chi connectivity index (χ1n) is 7.86. The Balaban J connectivity index is 2.41. The van der Waals surface area contributed by atoms with Crippen LogP contribution >= 0.6 is 0 Å². The van der Waals surface area contributed by atoms with Crippen molar-refractivity contribution in [2.45, 2.75) is 86.2 Å². The number of hydrogen-bond acceptors (Lipinski definition) is 1. The minimum atomic E-state index is 0.444. The van der Waals surface area contributed by atoms with Gasteiger partial charge in [0.05, 0.1) is 6.10 Å². The highest BCUT2D eigenvalue weighted by atomic mass is 16.5. The zero-order valence-electron chi connectivity index (χ0n) is 13.5. The van der Waals surface area contributed by atoms with E-state index < -0.39 is 0 Å². The zero-order valence-corrected chi connectivity index (χ0v) is 13.5. The first-order valence-corrected chi connectivity index (χ1v) is 7.86. The van der Waals surface area contributed by atoms with Crippen LogP contribution in [0.2, 0.25) is 0 Å². The Morgan fingerprint density at radius 3 is 1.94 bits per heavy atom. The molecule has 0 unspecified atom stereocenters. The van der Waals surface area contributed by atoms with Gasteiger partial charge in [-0.05, 0) is 55.3 Å². The Morgan fingerprint density at radius 2 is 1.50 bits per heavy atom. The van der Waals surface area contributed by atoms with Crippen LogP contribution in [-0.2, 0) is 4.74 Å². The van der Waals surface area contributed by atoms with E-state index in [4.69, 9.17) is 4.74 Å². The minimum absolute atomic E-state index is 0.444. The smallest absolute Gasteiger partial charge is 0.0575 e. The Labute approximate surface area is 115 Å². The molecule has 0 radical (unpaired) electrons. The summed E-state index contributed by atoms with van der Waals surface area (Å²) in [6.07, 6.45) is 8.29. The molecule has 0 N–H and O–H groups in total. The van der Waals surface area contributed by atoms with Crippen LogP contribution < -0.4 is 0 Å². The lowest BCUT2D eigenvalue weighted by atomic mass is 9.64. The molecule has 1 aliphatic rings. The Hall–Kier alpha value is -0.0400. The summed E-state index contributed by atoms with van der Waals surface area (Å²) >= 11 is 0. The van der Waals surface area contributed by atoms with Crippen LogP contribution in [0.3, 0.4) is 0 Å². The summed E-state index contributed by atoms with van der Waals surface area (Å²) in [6.45, 7) is 15.2. The molecule has 0 amide bonds. The molecule has 1 rings (SSSR count). The van der Waals surface area contributed by atoms with Gasteiger partial charge in [-0.3, -0.25) is 0 Å². The van der Waals surface area contributed by atoms with E-state index in [9.17, 15) is 0 Å². The quantitative estimate of drug-likeness (QED) is 0.635. The maximum Gasteiger partial charge on any atom is 0.0575 e. The predicted octanol–water partition coefficient (Wildman–Crippen LogP) is 5.43. The first-order chi connectivity index (χ1) is 8.24. The highest BCUT2D eigenvalue weighted by Crippen LogP contribution is 2.45. The van der Waals surface area contributed by atoms with Crippen molar-refractivity contribution in [3.63, 3.8) is 0 Å². The van der Waals surface area contributed by atoms with Gasteiger partial charge in [0.1, 0.15) is 0 Å². The van der Waals surface area contributed by atoms with E-state index in [1.54, 1.807) is 0 Å². The lowest BCUT2D eigenvalue weighted by Crippen LogP contribution is -2.33. The van der Waals surface area contributed by atoms with E-state index in [1.165, 1.54) is 32.1 Å². The predicted molar refractivity (Wildman–Crippen MR) is 79.8 cm³/mol. The average Bonchev–Trinajstić information content (AvgIpc) is 2.23. The lowest BCUT2D eigenvalue weighted by Gasteiger charge is -2.42. The number of rotatable bonds is 5. The second kappa shape index (κ2) is 6.41. The number of hydrogen-bond donors (Lipinski definition) is 0. The lowest BCUT2D eigenvalue weighted by molar-refractivity contribution is -0.00527. The second-order valence-corrected chi connectivity index (χ2v) is 8.07. The van der Waals surface area contributed by atoms with Crippen molar-refractivity contribution in [2.75, 3.05) is 6.61 Å². The van der Waals surface area contributed by atoms with Gasteiger partial charge in [0.2, 0.25) is 0 Å². The van der Waals surface area contributed by atoms with E-state index in [0.29, 0.717) is 16.9 Å². The molecule has 1 aliphatic carbocycles. The van der Waals surface area contributed by atoms with Crippen molar-refractivity contribution in [3.05, 3.63) is 0 Å². The number of ether oxygens (including phenoxy) is 1. The highest BCUT2D eigenvalue weighted by Gasteiger charge is 2.35. The van der Waals surface area contributed by atoms with Crippen molar-refractivity contribution in [1.29, 1.82) is 0 Å². The van der Waals surface area contributed by atoms with Crippen LogP contribution in [0.1, 0.15) is 80.1 Å². The van der Waals surface area contributed by atoms with E-state index in [0.717, 1.165) is 18.9 Å². The standard InChI is InChI=1S/C17H34O/c1-7-12-18-15-10-8-14(9-11-15)17(5,6)13-16(2,3)4/h14-15H,7-13H2,1-6H3. The molecule has 108 valence electrons. The summed E-state index contributed by atoms with van der Waals surface area (Å²) in [5, 5.41) is 0. The Morgan fingerprint density at radius 1 is 0.944 bits per heavy atom. The third-order valence-electron chi connectivity index (χ3n) is 4.32. The van der Waals surface area contributed by atoms with Gasteiger partial charge in [-0.1, -0.05) is 41.5 Å². The third kappa shape index (κ3) is 5.30. The molecular weight excluding hydrogens is 220 g/mol. The van der Waals surface area contributed by atoms with Crippen LogP contribution in [0.25, 0.3) is 0 Å². The third-order valence-corrected chi connectivity index (χ3v) is 4.32. The summed E-state index contributed by atoms with van der Waals surface area (Å²) in [5.41, 5.74) is 0.924. The molecule has 1 heteroatoms. The van der Waals surface area contributed by atoms with Crippen molar-refractivity contribution >= 4 is 0 Å². The Bertz CT molecular complexity index is 228. The van der Waals surface area contributed by atoms with Gasteiger partial charge in [-0.2, -0.15) is 0 Å². The fourth-order valence-electron chi connectivity index (χ4n) is 3.81. The molecule has 1 saturated carbocycles. The maximum atomic E-state index is 5.89. The Kier molecular flexibility index (Phi) is 5.70. The summed E-state index contributed by atoms with van der Waals surface area (Å²) < 4.78 is 5.89. The molecular formula is C17H34O. The fourth-order valence-corrected chi connectivity index (χ4v) is 3.81. The van der Waals surface area contributed by atoms with Crippen LogP contribution in [-0.4, -0.2) is 12.7 Å². The van der Waals surface area contributed by atoms with Crippen molar-refractivity contribution < 1.29 is 4.74 Å². The van der Waals surface area contributed by atoms with Crippen LogP contribution in [0.15, 0.2) is 0 Å². The normalized spacial score (nSPS) is 26.3. The zero-order chi connectivity index (χ0) is 13.8. The van der Waals surface area contributed by atoms with Gasteiger partial charge in [0.15, 0.2) is 0 Å². The molecule has 1 nitrogen and oxygen atoms in total. The van der Waals surface area contributed by atoms with Gasteiger partial charge >= 0.3 is 0 Å². The van der Waals surface area contributed by atoms with E-state index in [2.05, 4.69) is 41.5 Å². The molecule has 0 aromatic carbocycles. The molecule has 0 spiro atoms. The van der Waals surface area contributed by atoms with Crippen molar-refractivity contribution in [1.82, 2.24) is 0 Å². The van der Waals surface area contributed by atoms with E-state index in [1.807, 2.05) is 0 Å². The molecule has 0 aliphatic heterocycles. The topological polar surface area (TPSA) is 9.23 Å². The molecule has 0 bridgehead atoms. The molecule has 18 heavy (non-hydrogen) atoms. The first kappa shape index (κ1) is 16.0. The van der Waals surface area contributed by atoms with E-state index >= 15 is 0 Å². The minimum Gasteiger partial charge on any atom is -0.378 e. The van der Waals surface area contributed by atoms with Crippen LogP contribution in [0.5, 0.6) is 0 Å². The largest absolute Gasteiger partial charge is 0.378 e. The van der Waals surface area contributed by atoms with Gasteiger partial charge < -0.3 is 4.74 Å². The highest BCUT2D eigenvalue weighted by molar-refractivity contribution is 4.86. The van der Waals surface area contributed by atoms with E-state index in [-0.39, 0.29) is 0 Å².